The van der Waals surface area contributed by atoms with Crippen LogP contribution in [0.2, 0.25) is 0 Å². The van der Waals surface area contributed by atoms with E-state index in [0.717, 1.165) is 13.0 Å². The molecule has 6 heteroatoms. The van der Waals surface area contributed by atoms with Crippen LogP contribution in [0, 0.1) is 5.41 Å². The number of amides is 2. The fourth-order valence-corrected chi connectivity index (χ4v) is 2.53. The zero-order valence-corrected chi connectivity index (χ0v) is 12.9. The van der Waals surface area contributed by atoms with Gasteiger partial charge in [-0.15, -0.1) is 0 Å². The molecule has 23 heavy (non-hydrogen) atoms. The number of carbonyl (C=O) groups excluding carboxylic acids is 2. The molecule has 2 aromatic rings. The third-order valence-corrected chi connectivity index (χ3v) is 4.06. The molecular formula is C17H19N3O3. The largest absolute Gasteiger partial charge is 0.459 e. The van der Waals surface area contributed by atoms with Gasteiger partial charge in [0.2, 0.25) is 5.91 Å². The van der Waals surface area contributed by atoms with E-state index < -0.39 is 0 Å². The Bertz CT molecular complexity index is 686. The van der Waals surface area contributed by atoms with Gasteiger partial charge in [-0.3, -0.25) is 9.59 Å². The number of nitrogens with one attached hydrogen (secondary N) is 3. The van der Waals surface area contributed by atoms with Gasteiger partial charge in [-0.05, 0) is 56.3 Å². The summed E-state index contributed by atoms with van der Waals surface area (Å²) in [6, 6.07) is 10.3. The van der Waals surface area contributed by atoms with Crippen molar-refractivity contribution in [3.05, 3.63) is 48.4 Å². The van der Waals surface area contributed by atoms with Crippen LogP contribution in [0.5, 0.6) is 0 Å². The molecule has 3 N–H and O–H groups in total. The monoisotopic (exact) mass is 313 g/mol. The van der Waals surface area contributed by atoms with E-state index in [-0.39, 0.29) is 23.0 Å². The van der Waals surface area contributed by atoms with Gasteiger partial charge in [0.15, 0.2) is 5.76 Å². The lowest BCUT2D eigenvalue weighted by molar-refractivity contribution is -0.123. The van der Waals surface area contributed by atoms with Crippen molar-refractivity contribution in [2.45, 2.75) is 13.3 Å². The van der Waals surface area contributed by atoms with Gasteiger partial charge in [-0.1, -0.05) is 0 Å². The molecule has 1 saturated heterocycles. The predicted molar refractivity (Wildman–Crippen MR) is 87.3 cm³/mol. The maximum atomic E-state index is 12.3. The third kappa shape index (κ3) is 3.43. The molecule has 120 valence electrons. The molecule has 1 atom stereocenters. The zero-order chi connectivity index (χ0) is 16.3. The van der Waals surface area contributed by atoms with Crippen LogP contribution < -0.4 is 16.0 Å². The van der Waals surface area contributed by atoms with E-state index in [2.05, 4.69) is 16.0 Å². The van der Waals surface area contributed by atoms with Gasteiger partial charge >= 0.3 is 0 Å². The Hall–Kier alpha value is -2.60. The van der Waals surface area contributed by atoms with Gasteiger partial charge in [-0.25, -0.2) is 0 Å². The van der Waals surface area contributed by atoms with Gasteiger partial charge in [0.05, 0.1) is 11.7 Å². The van der Waals surface area contributed by atoms with Crippen molar-refractivity contribution in [2.24, 2.45) is 5.41 Å². The summed E-state index contributed by atoms with van der Waals surface area (Å²) in [4.78, 5) is 24.2. The van der Waals surface area contributed by atoms with E-state index in [9.17, 15) is 9.59 Å². The molecule has 1 aromatic carbocycles. The van der Waals surface area contributed by atoms with E-state index in [0.29, 0.717) is 17.9 Å². The Morgan fingerprint density at radius 3 is 2.39 bits per heavy atom. The van der Waals surface area contributed by atoms with Crippen LogP contribution in [-0.2, 0) is 4.79 Å². The molecule has 1 aliphatic heterocycles. The Morgan fingerprint density at radius 1 is 1.13 bits per heavy atom. The standard InChI is InChI=1S/C17H19N3O3/c1-17(8-9-18-11-17)16(22)20-13-6-4-12(5-7-13)19-15(21)14-3-2-10-23-14/h2-7,10,18H,8-9,11H2,1H3,(H,19,21)(H,20,22). The fraction of sp³-hybridized carbons (Fsp3) is 0.294. The Kier molecular flexibility index (Phi) is 4.16. The first-order valence-electron chi connectivity index (χ1n) is 7.54. The highest BCUT2D eigenvalue weighted by atomic mass is 16.3. The van der Waals surface area contributed by atoms with Gasteiger partial charge in [-0.2, -0.15) is 0 Å². The average Bonchev–Trinajstić information content (AvgIpc) is 3.21. The number of furan rings is 1. The molecule has 0 radical (unpaired) electrons. The number of anilines is 2. The lowest BCUT2D eigenvalue weighted by Gasteiger charge is -2.21. The van der Waals surface area contributed by atoms with Crippen molar-refractivity contribution < 1.29 is 14.0 Å². The van der Waals surface area contributed by atoms with Gasteiger partial charge in [0.25, 0.3) is 5.91 Å². The highest BCUT2D eigenvalue weighted by molar-refractivity contribution is 6.02. The predicted octanol–water partition coefficient (Wildman–Crippen LogP) is 2.47. The second-order valence-corrected chi connectivity index (χ2v) is 5.95. The van der Waals surface area contributed by atoms with Crippen LogP contribution in [0.25, 0.3) is 0 Å². The topological polar surface area (TPSA) is 83.4 Å². The van der Waals surface area contributed by atoms with E-state index in [1.54, 1.807) is 36.4 Å². The molecule has 6 nitrogen and oxygen atoms in total. The number of benzene rings is 1. The number of hydrogen-bond donors (Lipinski definition) is 3. The van der Waals surface area contributed by atoms with Crippen LogP contribution in [0.15, 0.2) is 47.1 Å². The van der Waals surface area contributed by atoms with Crippen molar-refractivity contribution in [3.63, 3.8) is 0 Å². The second kappa shape index (κ2) is 6.26. The lowest BCUT2D eigenvalue weighted by atomic mass is 9.89. The summed E-state index contributed by atoms with van der Waals surface area (Å²) >= 11 is 0. The highest BCUT2D eigenvalue weighted by Gasteiger charge is 2.36. The Balaban J connectivity index is 1.61. The number of carbonyl (C=O) groups is 2. The normalized spacial score (nSPS) is 20.2. The first-order chi connectivity index (χ1) is 11.1. The van der Waals surface area contributed by atoms with Gasteiger partial charge in [0, 0.05) is 17.9 Å². The van der Waals surface area contributed by atoms with E-state index in [1.807, 2.05) is 6.92 Å². The number of rotatable bonds is 4. The molecule has 0 saturated carbocycles. The van der Waals surface area contributed by atoms with Crippen LogP contribution in [0.1, 0.15) is 23.9 Å². The van der Waals surface area contributed by atoms with E-state index in [4.69, 9.17) is 4.42 Å². The Labute approximate surface area is 134 Å². The van der Waals surface area contributed by atoms with Crippen molar-refractivity contribution in [1.82, 2.24) is 5.32 Å². The molecule has 1 fully saturated rings. The lowest BCUT2D eigenvalue weighted by Crippen LogP contribution is -2.35. The van der Waals surface area contributed by atoms with Crippen LogP contribution in [0.4, 0.5) is 11.4 Å². The van der Waals surface area contributed by atoms with Gasteiger partial charge < -0.3 is 20.4 Å². The molecule has 1 aliphatic rings. The van der Waals surface area contributed by atoms with Crippen LogP contribution >= 0.6 is 0 Å². The van der Waals surface area contributed by atoms with Crippen molar-refractivity contribution in [1.29, 1.82) is 0 Å². The molecule has 0 spiro atoms. The average molecular weight is 313 g/mol. The summed E-state index contributed by atoms with van der Waals surface area (Å²) in [5.74, 6) is -0.0461. The summed E-state index contributed by atoms with van der Waals surface area (Å²) in [5, 5.41) is 8.86. The maximum absolute atomic E-state index is 12.3. The zero-order valence-electron chi connectivity index (χ0n) is 12.9. The molecule has 2 heterocycles. The first-order valence-corrected chi connectivity index (χ1v) is 7.54. The Morgan fingerprint density at radius 2 is 1.83 bits per heavy atom. The minimum absolute atomic E-state index is 0.00914. The van der Waals surface area contributed by atoms with E-state index in [1.165, 1.54) is 6.26 Å². The third-order valence-electron chi connectivity index (χ3n) is 4.06. The smallest absolute Gasteiger partial charge is 0.291 e. The second-order valence-electron chi connectivity index (χ2n) is 5.95. The highest BCUT2D eigenvalue weighted by Crippen LogP contribution is 2.26. The summed E-state index contributed by atoms with van der Waals surface area (Å²) in [7, 11) is 0. The molecule has 0 aliphatic carbocycles. The summed E-state index contributed by atoms with van der Waals surface area (Å²) in [6.45, 7) is 3.51. The summed E-state index contributed by atoms with van der Waals surface area (Å²) in [5.41, 5.74) is 0.976. The SMILES string of the molecule is CC1(C(=O)Nc2ccc(NC(=O)c3ccco3)cc2)CCNC1. The van der Waals surface area contributed by atoms with Crippen molar-refractivity contribution in [2.75, 3.05) is 23.7 Å². The number of hydrogen-bond acceptors (Lipinski definition) is 4. The molecule has 3 rings (SSSR count). The van der Waals surface area contributed by atoms with E-state index >= 15 is 0 Å². The first kappa shape index (κ1) is 15.3. The molecule has 1 aromatic heterocycles. The quantitative estimate of drug-likeness (QED) is 0.809. The molecular weight excluding hydrogens is 294 g/mol. The maximum Gasteiger partial charge on any atom is 0.291 e. The summed E-state index contributed by atoms with van der Waals surface area (Å²) < 4.78 is 5.04. The van der Waals surface area contributed by atoms with Crippen molar-refractivity contribution in [3.8, 4) is 0 Å². The molecule has 2 amide bonds. The fourth-order valence-electron chi connectivity index (χ4n) is 2.53. The molecule has 0 bridgehead atoms. The minimum atomic E-state index is -0.369. The summed E-state index contributed by atoms with van der Waals surface area (Å²) in [6.07, 6.45) is 2.28. The minimum Gasteiger partial charge on any atom is -0.459 e. The van der Waals surface area contributed by atoms with Crippen LogP contribution in [-0.4, -0.2) is 24.9 Å². The molecule has 1 unspecified atom stereocenters. The van der Waals surface area contributed by atoms with Crippen LogP contribution in [0.3, 0.4) is 0 Å². The van der Waals surface area contributed by atoms with Gasteiger partial charge in [0.1, 0.15) is 0 Å². The van der Waals surface area contributed by atoms with Crippen molar-refractivity contribution >= 4 is 23.2 Å².